The Labute approximate surface area is 132 Å². The van der Waals surface area contributed by atoms with Crippen LogP contribution >= 0.6 is 0 Å². The number of aliphatic hydroxyl groups excluding tert-OH is 1. The molecule has 4 heteroatoms. The molecule has 22 heavy (non-hydrogen) atoms. The van der Waals surface area contributed by atoms with Gasteiger partial charge in [-0.05, 0) is 43.9 Å². The second-order valence-corrected chi connectivity index (χ2v) is 6.59. The van der Waals surface area contributed by atoms with Crippen molar-refractivity contribution in [2.75, 3.05) is 13.2 Å². The number of rotatable bonds is 7. The van der Waals surface area contributed by atoms with Crippen LogP contribution in [-0.4, -0.2) is 30.3 Å². The Balaban J connectivity index is 1.68. The van der Waals surface area contributed by atoms with Crippen molar-refractivity contribution in [3.05, 3.63) is 29.8 Å². The number of carbonyl (C=O) groups is 1. The maximum atomic E-state index is 12.0. The van der Waals surface area contributed by atoms with Crippen molar-refractivity contribution in [1.82, 2.24) is 5.32 Å². The topological polar surface area (TPSA) is 58.6 Å². The zero-order valence-corrected chi connectivity index (χ0v) is 13.6. The predicted octanol–water partition coefficient (Wildman–Crippen LogP) is 2.82. The smallest absolute Gasteiger partial charge is 0.220 e. The van der Waals surface area contributed by atoms with Gasteiger partial charge in [0.15, 0.2) is 0 Å². The van der Waals surface area contributed by atoms with Gasteiger partial charge in [0.2, 0.25) is 5.91 Å². The second-order valence-electron chi connectivity index (χ2n) is 6.59. The van der Waals surface area contributed by atoms with E-state index in [1.165, 1.54) is 5.56 Å². The fourth-order valence-corrected chi connectivity index (χ4v) is 3.06. The molecule has 1 saturated carbocycles. The molecule has 0 spiro atoms. The predicted molar refractivity (Wildman–Crippen MR) is 86.9 cm³/mol. The molecule has 2 rings (SSSR count). The van der Waals surface area contributed by atoms with Gasteiger partial charge < -0.3 is 15.2 Å². The third-order valence-electron chi connectivity index (χ3n) is 4.58. The lowest BCUT2D eigenvalue weighted by Gasteiger charge is -2.30. The summed E-state index contributed by atoms with van der Waals surface area (Å²) in [6.45, 7) is 4.75. The molecule has 0 radical (unpaired) electrons. The quantitative estimate of drug-likeness (QED) is 0.762. The Morgan fingerprint density at radius 1 is 1.50 bits per heavy atom. The van der Waals surface area contributed by atoms with Crippen LogP contribution < -0.4 is 10.1 Å². The van der Waals surface area contributed by atoms with Gasteiger partial charge in [0.25, 0.3) is 0 Å². The van der Waals surface area contributed by atoms with Crippen molar-refractivity contribution >= 4 is 5.91 Å². The molecule has 0 aromatic heterocycles. The van der Waals surface area contributed by atoms with Gasteiger partial charge in [-0.1, -0.05) is 25.5 Å². The lowest BCUT2D eigenvalue weighted by atomic mass is 9.86. The summed E-state index contributed by atoms with van der Waals surface area (Å²) in [7, 11) is 0. The summed E-state index contributed by atoms with van der Waals surface area (Å²) in [5.74, 6) is 0.906. The fraction of sp³-hybridized carbons (Fsp3) is 0.611. The molecular formula is C18H27NO3. The minimum absolute atomic E-state index is 0.0550. The average molecular weight is 305 g/mol. The van der Waals surface area contributed by atoms with Gasteiger partial charge in [-0.25, -0.2) is 0 Å². The molecule has 2 atom stereocenters. The molecule has 2 unspecified atom stereocenters. The Bertz CT molecular complexity index is 503. The van der Waals surface area contributed by atoms with E-state index in [9.17, 15) is 9.90 Å². The molecule has 0 heterocycles. The van der Waals surface area contributed by atoms with Crippen molar-refractivity contribution in [2.45, 2.75) is 52.0 Å². The summed E-state index contributed by atoms with van der Waals surface area (Å²) in [6, 6.07) is 8.01. The molecule has 1 aromatic rings. The van der Waals surface area contributed by atoms with E-state index in [2.05, 4.69) is 5.32 Å². The lowest BCUT2D eigenvalue weighted by molar-refractivity contribution is -0.122. The van der Waals surface area contributed by atoms with Gasteiger partial charge in [-0.2, -0.15) is 0 Å². The van der Waals surface area contributed by atoms with E-state index in [0.717, 1.165) is 25.0 Å². The van der Waals surface area contributed by atoms with E-state index in [0.29, 0.717) is 19.4 Å². The minimum Gasteiger partial charge on any atom is -0.494 e. The number of hydrogen-bond acceptors (Lipinski definition) is 3. The third-order valence-corrected chi connectivity index (χ3v) is 4.58. The van der Waals surface area contributed by atoms with Crippen molar-refractivity contribution in [1.29, 1.82) is 0 Å². The zero-order valence-electron chi connectivity index (χ0n) is 13.6. The van der Waals surface area contributed by atoms with E-state index >= 15 is 0 Å². The Morgan fingerprint density at radius 3 is 3.05 bits per heavy atom. The van der Waals surface area contributed by atoms with E-state index in [1.54, 1.807) is 0 Å². The average Bonchev–Trinajstić information content (AvgIpc) is 2.85. The summed E-state index contributed by atoms with van der Waals surface area (Å²) in [6.07, 6.45) is 4.16. The Kier molecular flexibility index (Phi) is 5.83. The molecule has 1 amide bonds. The van der Waals surface area contributed by atoms with Gasteiger partial charge in [0.1, 0.15) is 5.75 Å². The first kappa shape index (κ1) is 16.8. The van der Waals surface area contributed by atoms with Crippen molar-refractivity contribution in [3.63, 3.8) is 0 Å². The third kappa shape index (κ3) is 4.47. The number of hydrogen-bond donors (Lipinski definition) is 2. The van der Waals surface area contributed by atoms with Gasteiger partial charge in [0, 0.05) is 17.9 Å². The molecule has 1 aromatic carbocycles. The molecule has 1 aliphatic carbocycles. The first-order valence-corrected chi connectivity index (χ1v) is 8.13. The van der Waals surface area contributed by atoms with Crippen LogP contribution in [0.3, 0.4) is 0 Å². The minimum atomic E-state index is -0.159. The highest BCUT2D eigenvalue weighted by Gasteiger charge is 2.38. The molecule has 0 aliphatic heterocycles. The first-order valence-electron chi connectivity index (χ1n) is 8.13. The summed E-state index contributed by atoms with van der Waals surface area (Å²) >= 11 is 0. The van der Waals surface area contributed by atoms with Crippen LogP contribution in [0.2, 0.25) is 0 Å². The molecule has 1 fully saturated rings. The van der Waals surface area contributed by atoms with Crippen LogP contribution in [0.25, 0.3) is 0 Å². The zero-order chi connectivity index (χ0) is 16.0. The van der Waals surface area contributed by atoms with Crippen molar-refractivity contribution in [2.24, 2.45) is 5.41 Å². The van der Waals surface area contributed by atoms with E-state index < -0.39 is 0 Å². The normalized spacial score (nSPS) is 24.2. The van der Waals surface area contributed by atoms with E-state index in [4.69, 9.17) is 4.74 Å². The largest absolute Gasteiger partial charge is 0.494 e. The lowest BCUT2D eigenvalue weighted by Crippen LogP contribution is -2.44. The number of carbonyl (C=O) groups excluding carboxylic acids is 1. The van der Waals surface area contributed by atoms with Crippen molar-refractivity contribution < 1.29 is 14.6 Å². The number of benzene rings is 1. The van der Waals surface area contributed by atoms with Crippen LogP contribution in [0.5, 0.6) is 5.75 Å². The maximum absolute atomic E-state index is 12.0. The molecule has 4 nitrogen and oxygen atoms in total. The first-order chi connectivity index (χ1) is 10.5. The van der Waals surface area contributed by atoms with E-state index in [-0.39, 0.29) is 24.0 Å². The SMILES string of the molecule is Cc1cccc(OCCCC(=O)NC2CCCC2(C)CO)c1. The molecular weight excluding hydrogens is 278 g/mol. The highest BCUT2D eigenvalue weighted by Crippen LogP contribution is 2.37. The van der Waals surface area contributed by atoms with Gasteiger partial charge in [-0.15, -0.1) is 0 Å². The standard InChI is InChI=1S/C18H27NO3/c1-14-6-3-7-15(12-14)22-11-5-9-17(21)19-16-8-4-10-18(16,2)13-20/h3,6-7,12,16,20H,4-5,8-11,13H2,1-2H3,(H,19,21). The maximum Gasteiger partial charge on any atom is 0.220 e. The van der Waals surface area contributed by atoms with Crippen LogP contribution in [0.1, 0.15) is 44.6 Å². The second kappa shape index (κ2) is 7.63. The van der Waals surface area contributed by atoms with Crippen LogP contribution in [0.15, 0.2) is 24.3 Å². The van der Waals surface area contributed by atoms with Crippen LogP contribution in [0, 0.1) is 12.3 Å². The molecule has 0 saturated heterocycles. The number of amides is 1. The van der Waals surface area contributed by atoms with E-state index in [1.807, 2.05) is 38.1 Å². The summed E-state index contributed by atoms with van der Waals surface area (Å²) in [5.41, 5.74) is 1.01. The Hall–Kier alpha value is -1.55. The monoisotopic (exact) mass is 305 g/mol. The molecule has 0 bridgehead atoms. The van der Waals surface area contributed by atoms with Crippen LogP contribution in [-0.2, 0) is 4.79 Å². The molecule has 1 aliphatic rings. The molecule has 122 valence electrons. The van der Waals surface area contributed by atoms with Gasteiger partial charge >= 0.3 is 0 Å². The number of aryl methyl sites for hydroxylation is 1. The van der Waals surface area contributed by atoms with Gasteiger partial charge in [-0.3, -0.25) is 4.79 Å². The number of nitrogens with one attached hydrogen (secondary N) is 1. The highest BCUT2D eigenvalue weighted by atomic mass is 16.5. The summed E-state index contributed by atoms with van der Waals surface area (Å²) < 4.78 is 5.65. The highest BCUT2D eigenvalue weighted by molar-refractivity contribution is 5.76. The van der Waals surface area contributed by atoms with Gasteiger partial charge in [0.05, 0.1) is 13.2 Å². The summed E-state index contributed by atoms with van der Waals surface area (Å²) in [4.78, 5) is 12.0. The fourth-order valence-electron chi connectivity index (χ4n) is 3.06. The summed E-state index contributed by atoms with van der Waals surface area (Å²) in [5, 5.41) is 12.6. The van der Waals surface area contributed by atoms with Crippen LogP contribution in [0.4, 0.5) is 0 Å². The number of ether oxygens (including phenoxy) is 1. The molecule has 2 N–H and O–H groups in total. The number of aliphatic hydroxyl groups is 1. The Morgan fingerprint density at radius 2 is 2.32 bits per heavy atom. The van der Waals surface area contributed by atoms with Crippen molar-refractivity contribution in [3.8, 4) is 5.75 Å².